The fraction of sp³-hybridized carbons (Fsp3) is 0.370. The van der Waals surface area contributed by atoms with E-state index in [4.69, 9.17) is 14.2 Å². The van der Waals surface area contributed by atoms with Crippen molar-refractivity contribution in [1.29, 1.82) is 0 Å². The molecule has 1 aromatic heterocycles. The predicted molar refractivity (Wildman–Crippen MR) is 138 cm³/mol. The average Bonchev–Trinajstić information content (AvgIpc) is 3.38. The maximum Gasteiger partial charge on any atom is 0.271 e. The van der Waals surface area contributed by atoms with E-state index in [0.29, 0.717) is 22.2 Å². The molecular formula is C27H31N3O5S. The Balaban J connectivity index is 1.31. The van der Waals surface area contributed by atoms with Gasteiger partial charge in [-0.3, -0.25) is 9.59 Å². The minimum absolute atomic E-state index is 0.0595. The zero-order chi connectivity index (χ0) is 25.3. The molecule has 1 heterocycles. The van der Waals surface area contributed by atoms with Crippen LogP contribution in [0.25, 0.3) is 0 Å². The van der Waals surface area contributed by atoms with Crippen LogP contribution >= 0.6 is 11.3 Å². The van der Waals surface area contributed by atoms with Gasteiger partial charge in [-0.15, -0.1) is 11.3 Å². The summed E-state index contributed by atoms with van der Waals surface area (Å²) in [5.74, 6) is 1.72. The Morgan fingerprint density at radius 3 is 2.33 bits per heavy atom. The molecule has 2 N–H and O–H groups in total. The molecule has 0 bridgehead atoms. The van der Waals surface area contributed by atoms with E-state index >= 15 is 0 Å². The van der Waals surface area contributed by atoms with Gasteiger partial charge >= 0.3 is 0 Å². The summed E-state index contributed by atoms with van der Waals surface area (Å²) >= 11 is 1.37. The van der Waals surface area contributed by atoms with Gasteiger partial charge in [0.05, 0.1) is 20.6 Å². The van der Waals surface area contributed by atoms with Crippen molar-refractivity contribution < 1.29 is 23.8 Å². The van der Waals surface area contributed by atoms with Crippen LogP contribution in [-0.4, -0.2) is 43.1 Å². The van der Waals surface area contributed by atoms with Crippen molar-refractivity contribution in [2.24, 2.45) is 0 Å². The van der Waals surface area contributed by atoms with Crippen molar-refractivity contribution in [2.45, 2.75) is 50.8 Å². The highest BCUT2D eigenvalue weighted by Gasteiger charge is 2.28. The van der Waals surface area contributed by atoms with Gasteiger partial charge in [-0.05, 0) is 42.7 Å². The van der Waals surface area contributed by atoms with Crippen LogP contribution in [0.4, 0.5) is 0 Å². The molecule has 1 fully saturated rings. The van der Waals surface area contributed by atoms with E-state index < -0.39 is 0 Å². The molecule has 36 heavy (non-hydrogen) atoms. The fourth-order valence-electron chi connectivity index (χ4n) is 4.26. The SMILES string of the molecule is COc1ccc(CC(=O)N[C@@H]2CCCC[C@@H]2NC(=O)c2csc(COc3ccccc3OC)n2)cc1. The predicted octanol–water partition coefficient (Wildman–Crippen LogP) is 4.14. The van der Waals surface area contributed by atoms with Gasteiger partial charge in [0.25, 0.3) is 5.91 Å². The monoisotopic (exact) mass is 509 g/mol. The van der Waals surface area contributed by atoms with Gasteiger partial charge in [0.1, 0.15) is 23.1 Å². The summed E-state index contributed by atoms with van der Waals surface area (Å²) in [4.78, 5) is 30.1. The topological polar surface area (TPSA) is 98.8 Å². The van der Waals surface area contributed by atoms with Crippen molar-refractivity contribution in [3.05, 3.63) is 70.2 Å². The van der Waals surface area contributed by atoms with Gasteiger partial charge in [0.2, 0.25) is 5.91 Å². The van der Waals surface area contributed by atoms with E-state index in [1.165, 1.54) is 11.3 Å². The fourth-order valence-corrected chi connectivity index (χ4v) is 4.95. The number of aromatic nitrogens is 1. The first kappa shape index (κ1) is 25.5. The van der Waals surface area contributed by atoms with Crippen LogP contribution in [0.1, 0.15) is 46.7 Å². The summed E-state index contributed by atoms with van der Waals surface area (Å²) in [6.45, 7) is 0.242. The molecule has 0 unspecified atom stereocenters. The molecule has 0 aliphatic heterocycles. The number of ether oxygens (including phenoxy) is 3. The summed E-state index contributed by atoms with van der Waals surface area (Å²) in [6.07, 6.45) is 3.94. The molecule has 4 rings (SSSR count). The molecule has 1 aliphatic carbocycles. The van der Waals surface area contributed by atoms with E-state index in [9.17, 15) is 9.59 Å². The van der Waals surface area contributed by atoms with Gasteiger partial charge < -0.3 is 24.8 Å². The number of para-hydroxylation sites is 2. The average molecular weight is 510 g/mol. The van der Waals surface area contributed by atoms with Crippen molar-refractivity contribution in [3.63, 3.8) is 0 Å². The third-order valence-electron chi connectivity index (χ3n) is 6.16. The van der Waals surface area contributed by atoms with Crippen LogP contribution < -0.4 is 24.8 Å². The van der Waals surface area contributed by atoms with Crippen LogP contribution in [-0.2, 0) is 17.8 Å². The molecule has 0 saturated heterocycles. The summed E-state index contributed by atoms with van der Waals surface area (Å²) < 4.78 is 16.3. The minimum Gasteiger partial charge on any atom is -0.497 e. The van der Waals surface area contributed by atoms with Gasteiger partial charge in [0, 0.05) is 17.5 Å². The van der Waals surface area contributed by atoms with E-state index in [2.05, 4.69) is 15.6 Å². The number of hydrogen-bond donors (Lipinski definition) is 2. The number of nitrogens with one attached hydrogen (secondary N) is 2. The van der Waals surface area contributed by atoms with Crippen LogP contribution in [0.15, 0.2) is 53.9 Å². The molecule has 1 saturated carbocycles. The Morgan fingerprint density at radius 2 is 1.64 bits per heavy atom. The highest BCUT2D eigenvalue weighted by molar-refractivity contribution is 7.09. The number of carbonyl (C=O) groups excluding carboxylic acids is 2. The molecule has 8 nitrogen and oxygen atoms in total. The van der Waals surface area contributed by atoms with E-state index in [0.717, 1.165) is 37.0 Å². The summed E-state index contributed by atoms with van der Waals surface area (Å²) in [6, 6.07) is 14.6. The zero-order valence-electron chi connectivity index (χ0n) is 20.5. The number of thiazole rings is 1. The normalized spacial score (nSPS) is 17.2. The summed E-state index contributed by atoms with van der Waals surface area (Å²) in [5.41, 5.74) is 1.27. The molecule has 3 aromatic rings. The molecule has 0 radical (unpaired) electrons. The lowest BCUT2D eigenvalue weighted by atomic mass is 9.90. The number of nitrogens with zero attached hydrogens (tertiary/aromatic N) is 1. The molecule has 1 aliphatic rings. The van der Waals surface area contributed by atoms with Crippen LogP contribution in [0.3, 0.4) is 0 Å². The second-order valence-electron chi connectivity index (χ2n) is 8.63. The van der Waals surface area contributed by atoms with Gasteiger partial charge in [0.15, 0.2) is 11.5 Å². The Hall–Kier alpha value is -3.59. The molecule has 190 valence electrons. The summed E-state index contributed by atoms with van der Waals surface area (Å²) in [7, 11) is 3.20. The lowest BCUT2D eigenvalue weighted by Gasteiger charge is -2.32. The third kappa shape index (κ3) is 6.75. The van der Waals surface area contributed by atoms with Crippen molar-refractivity contribution in [1.82, 2.24) is 15.6 Å². The number of carbonyl (C=O) groups is 2. The van der Waals surface area contributed by atoms with Crippen LogP contribution in [0.2, 0.25) is 0 Å². The number of rotatable bonds is 10. The molecule has 2 aromatic carbocycles. The van der Waals surface area contributed by atoms with E-state index in [-0.39, 0.29) is 36.9 Å². The lowest BCUT2D eigenvalue weighted by Crippen LogP contribution is -2.53. The van der Waals surface area contributed by atoms with Crippen molar-refractivity contribution >= 4 is 23.2 Å². The molecule has 9 heteroatoms. The number of benzene rings is 2. The van der Waals surface area contributed by atoms with E-state index in [1.807, 2.05) is 48.5 Å². The first-order chi connectivity index (χ1) is 17.6. The minimum atomic E-state index is -0.240. The van der Waals surface area contributed by atoms with Crippen molar-refractivity contribution in [2.75, 3.05) is 14.2 Å². The highest BCUT2D eigenvalue weighted by atomic mass is 32.1. The van der Waals surface area contributed by atoms with Gasteiger partial charge in [-0.2, -0.15) is 0 Å². The quantitative estimate of drug-likeness (QED) is 0.426. The first-order valence-corrected chi connectivity index (χ1v) is 12.9. The number of hydrogen-bond acceptors (Lipinski definition) is 7. The highest BCUT2D eigenvalue weighted by Crippen LogP contribution is 2.27. The second-order valence-corrected chi connectivity index (χ2v) is 9.57. The first-order valence-electron chi connectivity index (χ1n) is 12.0. The maximum absolute atomic E-state index is 12.9. The van der Waals surface area contributed by atoms with Gasteiger partial charge in [-0.25, -0.2) is 4.98 Å². The van der Waals surface area contributed by atoms with Crippen LogP contribution in [0, 0.1) is 0 Å². The van der Waals surface area contributed by atoms with E-state index in [1.54, 1.807) is 19.6 Å². The van der Waals surface area contributed by atoms with Gasteiger partial charge in [-0.1, -0.05) is 37.1 Å². The molecule has 2 amide bonds. The van der Waals surface area contributed by atoms with Crippen molar-refractivity contribution in [3.8, 4) is 17.2 Å². The second kappa shape index (κ2) is 12.4. The zero-order valence-corrected chi connectivity index (χ0v) is 21.3. The number of amides is 2. The van der Waals surface area contributed by atoms with Crippen LogP contribution in [0.5, 0.6) is 17.2 Å². The summed E-state index contributed by atoms with van der Waals surface area (Å²) in [5, 5.41) is 8.64. The lowest BCUT2D eigenvalue weighted by molar-refractivity contribution is -0.121. The Morgan fingerprint density at radius 1 is 0.944 bits per heavy atom. The largest absolute Gasteiger partial charge is 0.497 e. The third-order valence-corrected chi connectivity index (χ3v) is 6.98. The Kier molecular flexibility index (Phi) is 8.78. The smallest absolute Gasteiger partial charge is 0.271 e. The standard InChI is InChI=1S/C27H31N3O5S/c1-33-19-13-11-18(12-14-19)15-25(31)28-20-7-3-4-8-21(20)30-27(32)22-17-36-26(29-22)16-35-24-10-6-5-9-23(24)34-2/h5-6,9-14,17,20-21H,3-4,7-8,15-16H2,1-2H3,(H,28,31)(H,30,32)/t20-,21+/m1/s1. The Labute approximate surface area is 215 Å². The molecule has 0 spiro atoms. The maximum atomic E-state index is 12.9. The molecule has 2 atom stereocenters. The number of methoxy groups -OCH3 is 2. The molecular weight excluding hydrogens is 478 g/mol. The Bertz CT molecular complexity index is 1160.